The predicted molar refractivity (Wildman–Crippen MR) is 77.8 cm³/mol. The van der Waals surface area contributed by atoms with Crippen LogP contribution in [0.5, 0.6) is 0 Å². The molecule has 0 spiro atoms. The Labute approximate surface area is 124 Å². The second-order valence-corrected chi connectivity index (χ2v) is 5.86. The molecule has 1 N–H and O–H groups in total. The van der Waals surface area contributed by atoms with Gasteiger partial charge in [-0.25, -0.2) is 4.39 Å². The maximum atomic E-state index is 13.5. The van der Waals surface area contributed by atoms with Crippen molar-refractivity contribution in [1.29, 1.82) is 0 Å². The quantitative estimate of drug-likeness (QED) is 0.671. The summed E-state index contributed by atoms with van der Waals surface area (Å²) in [7, 11) is 0. The number of halogens is 1. The number of carbonyl (C=O) groups is 2. The van der Waals surface area contributed by atoms with Crippen LogP contribution in [0.2, 0.25) is 0 Å². The summed E-state index contributed by atoms with van der Waals surface area (Å²) in [6.07, 6.45) is 0. The predicted octanol–water partition coefficient (Wildman–Crippen LogP) is 2.67. The van der Waals surface area contributed by atoms with Crippen LogP contribution in [-0.4, -0.2) is 18.5 Å². The summed E-state index contributed by atoms with van der Waals surface area (Å²) >= 11 is 0. The van der Waals surface area contributed by atoms with Gasteiger partial charge in [0.1, 0.15) is 11.7 Å². The number of benzene rings is 1. The van der Waals surface area contributed by atoms with Crippen LogP contribution in [0, 0.1) is 17.2 Å². The minimum absolute atomic E-state index is 0.0392. The van der Waals surface area contributed by atoms with Gasteiger partial charge in [0.15, 0.2) is 0 Å². The van der Waals surface area contributed by atoms with E-state index in [2.05, 4.69) is 5.32 Å². The van der Waals surface area contributed by atoms with E-state index in [1.54, 1.807) is 45.9 Å². The van der Waals surface area contributed by atoms with Crippen molar-refractivity contribution in [3.8, 4) is 0 Å². The second-order valence-electron chi connectivity index (χ2n) is 5.86. The molecule has 0 aromatic heterocycles. The summed E-state index contributed by atoms with van der Waals surface area (Å²) < 4.78 is 18.5. The molecular formula is C16H22FNO3. The molecule has 0 aliphatic rings. The number of rotatable bonds is 5. The van der Waals surface area contributed by atoms with Crippen LogP contribution < -0.4 is 5.32 Å². The number of nitrogens with one attached hydrogen (secondary N) is 1. The highest BCUT2D eigenvalue weighted by atomic mass is 19.1. The third-order valence-corrected chi connectivity index (χ3v) is 3.06. The zero-order valence-electron chi connectivity index (χ0n) is 12.9. The molecule has 21 heavy (non-hydrogen) atoms. The molecule has 1 aromatic carbocycles. The van der Waals surface area contributed by atoms with E-state index >= 15 is 0 Å². The van der Waals surface area contributed by atoms with Gasteiger partial charge in [0.05, 0.1) is 6.61 Å². The van der Waals surface area contributed by atoms with Gasteiger partial charge in [-0.1, -0.05) is 39.0 Å². The molecule has 0 saturated carbocycles. The summed E-state index contributed by atoms with van der Waals surface area (Å²) in [6.45, 7) is 7.31. The Hall–Kier alpha value is -1.91. The lowest BCUT2D eigenvalue weighted by molar-refractivity contribution is -0.156. The number of hydrogen-bond donors (Lipinski definition) is 1. The first-order chi connectivity index (χ1) is 9.77. The Morgan fingerprint density at radius 3 is 2.43 bits per heavy atom. The molecule has 0 aliphatic heterocycles. The standard InChI is InChI=1S/C16H22FNO3/c1-5-21-15(20)13(16(2,3)4)14(19)18-10-11-8-6-7-9-12(11)17/h6-9,13H,5,10H2,1-4H3,(H,18,19). The number of esters is 1. The maximum absolute atomic E-state index is 13.5. The van der Waals surface area contributed by atoms with E-state index in [1.165, 1.54) is 6.07 Å². The number of hydrogen-bond acceptors (Lipinski definition) is 3. The van der Waals surface area contributed by atoms with Gasteiger partial charge in [0, 0.05) is 12.1 Å². The molecule has 116 valence electrons. The molecule has 1 rings (SSSR count). The fraction of sp³-hybridized carbons (Fsp3) is 0.500. The highest BCUT2D eigenvalue weighted by molar-refractivity contribution is 5.98. The van der Waals surface area contributed by atoms with Crippen molar-refractivity contribution in [3.05, 3.63) is 35.6 Å². The van der Waals surface area contributed by atoms with Crippen molar-refractivity contribution >= 4 is 11.9 Å². The Morgan fingerprint density at radius 2 is 1.90 bits per heavy atom. The average molecular weight is 295 g/mol. The van der Waals surface area contributed by atoms with Gasteiger partial charge in [-0.15, -0.1) is 0 Å². The van der Waals surface area contributed by atoms with E-state index in [4.69, 9.17) is 4.74 Å². The van der Waals surface area contributed by atoms with E-state index in [-0.39, 0.29) is 19.0 Å². The van der Waals surface area contributed by atoms with E-state index < -0.39 is 23.2 Å². The lowest BCUT2D eigenvalue weighted by Gasteiger charge is -2.27. The summed E-state index contributed by atoms with van der Waals surface area (Å²) in [5.41, 5.74) is -0.201. The Kier molecular flexibility index (Phi) is 5.88. The average Bonchev–Trinajstić information content (AvgIpc) is 2.36. The van der Waals surface area contributed by atoms with Crippen LogP contribution in [-0.2, 0) is 20.9 Å². The Bertz CT molecular complexity index is 508. The molecule has 1 atom stereocenters. The van der Waals surface area contributed by atoms with Crippen LogP contribution in [0.15, 0.2) is 24.3 Å². The first-order valence-corrected chi connectivity index (χ1v) is 6.95. The van der Waals surface area contributed by atoms with Crippen molar-refractivity contribution in [2.75, 3.05) is 6.61 Å². The summed E-state index contributed by atoms with van der Waals surface area (Å²) in [5.74, 6) is -2.33. The van der Waals surface area contributed by atoms with Crippen molar-refractivity contribution in [2.24, 2.45) is 11.3 Å². The zero-order valence-corrected chi connectivity index (χ0v) is 12.9. The van der Waals surface area contributed by atoms with E-state index in [9.17, 15) is 14.0 Å². The van der Waals surface area contributed by atoms with Crippen LogP contribution in [0.25, 0.3) is 0 Å². The van der Waals surface area contributed by atoms with Crippen molar-refractivity contribution < 1.29 is 18.7 Å². The Morgan fingerprint density at radius 1 is 1.29 bits per heavy atom. The molecule has 0 fully saturated rings. The number of carbonyl (C=O) groups excluding carboxylic acids is 2. The monoisotopic (exact) mass is 295 g/mol. The van der Waals surface area contributed by atoms with Gasteiger partial charge in [-0.05, 0) is 18.4 Å². The maximum Gasteiger partial charge on any atom is 0.319 e. The Balaban J connectivity index is 2.78. The third-order valence-electron chi connectivity index (χ3n) is 3.06. The molecule has 0 bridgehead atoms. The summed E-state index contributed by atoms with van der Waals surface area (Å²) in [5, 5.41) is 2.61. The molecule has 0 aliphatic carbocycles. The van der Waals surface area contributed by atoms with Gasteiger partial charge >= 0.3 is 5.97 Å². The molecule has 1 unspecified atom stereocenters. The molecule has 4 nitrogen and oxygen atoms in total. The molecule has 0 radical (unpaired) electrons. The van der Waals surface area contributed by atoms with Crippen LogP contribution >= 0.6 is 0 Å². The minimum atomic E-state index is -0.927. The van der Waals surface area contributed by atoms with Gasteiger partial charge < -0.3 is 10.1 Å². The lowest BCUT2D eigenvalue weighted by Crippen LogP contribution is -2.43. The normalized spacial score (nSPS) is 12.6. The fourth-order valence-electron chi connectivity index (χ4n) is 2.01. The molecule has 5 heteroatoms. The SMILES string of the molecule is CCOC(=O)C(C(=O)NCc1ccccc1F)C(C)(C)C. The summed E-state index contributed by atoms with van der Waals surface area (Å²) in [6, 6.07) is 6.19. The second kappa shape index (κ2) is 7.20. The first-order valence-electron chi connectivity index (χ1n) is 6.95. The molecular weight excluding hydrogens is 273 g/mol. The minimum Gasteiger partial charge on any atom is -0.465 e. The van der Waals surface area contributed by atoms with Gasteiger partial charge in [-0.2, -0.15) is 0 Å². The van der Waals surface area contributed by atoms with Crippen LogP contribution in [0.3, 0.4) is 0 Å². The summed E-state index contributed by atoms with van der Waals surface area (Å²) in [4.78, 5) is 24.2. The number of ether oxygens (including phenoxy) is 1. The van der Waals surface area contributed by atoms with Crippen molar-refractivity contribution in [2.45, 2.75) is 34.2 Å². The van der Waals surface area contributed by atoms with Crippen LogP contribution in [0.4, 0.5) is 4.39 Å². The third kappa shape index (κ3) is 4.85. The topological polar surface area (TPSA) is 55.4 Å². The largest absolute Gasteiger partial charge is 0.465 e. The van der Waals surface area contributed by atoms with Gasteiger partial charge in [-0.3, -0.25) is 9.59 Å². The van der Waals surface area contributed by atoms with Crippen molar-refractivity contribution in [1.82, 2.24) is 5.32 Å². The highest BCUT2D eigenvalue weighted by Crippen LogP contribution is 2.27. The van der Waals surface area contributed by atoms with E-state index in [0.29, 0.717) is 5.56 Å². The number of amides is 1. The van der Waals surface area contributed by atoms with Crippen molar-refractivity contribution in [3.63, 3.8) is 0 Å². The van der Waals surface area contributed by atoms with E-state index in [1.807, 2.05) is 0 Å². The van der Waals surface area contributed by atoms with E-state index in [0.717, 1.165) is 0 Å². The molecule has 1 amide bonds. The molecule has 1 aromatic rings. The fourth-order valence-corrected chi connectivity index (χ4v) is 2.01. The zero-order chi connectivity index (χ0) is 16.0. The van der Waals surface area contributed by atoms with Crippen LogP contribution in [0.1, 0.15) is 33.3 Å². The highest BCUT2D eigenvalue weighted by Gasteiger charge is 2.38. The lowest BCUT2D eigenvalue weighted by atomic mass is 9.80. The smallest absolute Gasteiger partial charge is 0.319 e. The molecule has 0 heterocycles. The van der Waals surface area contributed by atoms with Gasteiger partial charge in [0.25, 0.3) is 0 Å². The van der Waals surface area contributed by atoms with Gasteiger partial charge in [0.2, 0.25) is 5.91 Å². The molecule has 0 saturated heterocycles. The first kappa shape index (κ1) is 17.1.